The number of likely N-dealkylation sites (tertiary alicyclic amines) is 1. The standard InChI is InChI=1S/C38H35N7O3/c39-35-31(10-6-19-40-35)36-43-33-17-16-32(26-7-2-1-3-8-26)42-37(33)45(36)30-14-11-25(12-15-30)22-44-20-5-4-9-29(23-44)41-38(48)27-13-18-34(47)28(21-27)24-46/h1-3,6-8,10-19,21,24,29,47H,4-5,9,20,22-23H2,(H2,39,40)(H,41,48). The van der Waals surface area contributed by atoms with E-state index in [9.17, 15) is 14.7 Å². The Labute approximate surface area is 277 Å². The molecule has 10 heteroatoms. The number of anilines is 1. The predicted octanol–water partition coefficient (Wildman–Crippen LogP) is 6.03. The van der Waals surface area contributed by atoms with Crippen LogP contribution in [0.15, 0.2) is 103 Å². The smallest absolute Gasteiger partial charge is 0.251 e. The number of aromatic nitrogens is 4. The third kappa shape index (κ3) is 6.38. The van der Waals surface area contributed by atoms with Crippen LogP contribution >= 0.6 is 0 Å². The molecule has 0 aliphatic carbocycles. The summed E-state index contributed by atoms with van der Waals surface area (Å²) in [5.41, 5.74) is 12.9. The number of nitrogens with two attached hydrogens (primary N) is 1. The number of benzene rings is 3. The lowest BCUT2D eigenvalue weighted by Crippen LogP contribution is -2.42. The molecule has 4 heterocycles. The van der Waals surface area contributed by atoms with E-state index >= 15 is 0 Å². The number of aromatic hydroxyl groups is 1. The molecule has 1 atom stereocenters. The second-order valence-electron chi connectivity index (χ2n) is 12.1. The van der Waals surface area contributed by atoms with Crippen LogP contribution in [0.4, 0.5) is 5.82 Å². The zero-order valence-electron chi connectivity index (χ0n) is 26.3. The number of phenols is 1. The van der Waals surface area contributed by atoms with Gasteiger partial charge in [-0.3, -0.25) is 19.1 Å². The maximum Gasteiger partial charge on any atom is 0.251 e. The van der Waals surface area contributed by atoms with E-state index in [1.807, 2.05) is 59.2 Å². The minimum Gasteiger partial charge on any atom is -0.507 e. The highest BCUT2D eigenvalue weighted by Gasteiger charge is 2.22. The number of imidazole rings is 1. The Morgan fingerprint density at radius 1 is 0.958 bits per heavy atom. The highest BCUT2D eigenvalue weighted by atomic mass is 16.3. The summed E-state index contributed by atoms with van der Waals surface area (Å²) in [6, 6.07) is 30.5. The van der Waals surface area contributed by atoms with E-state index in [1.165, 1.54) is 18.2 Å². The van der Waals surface area contributed by atoms with Crippen molar-refractivity contribution in [3.05, 3.63) is 120 Å². The molecule has 7 rings (SSSR count). The van der Waals surface area contributed by atoms with Crippen LogP contribution in [0.5, 0.6) is 5.75 Å². The fourth-order valence-corrected chi connectivity index (χ4v) is 6.31. The SMILES string of the molecule is Nc1ncccc1-c1nc2ccc(-c3ccccc3)nc2n1-c1ccc(CN2CCCCC(NC(=O)c3ccc(O)c(C=O)c3)C2)cc1. The van der Waals surface area contributed by atoms with Gasteiger partial charge in [-0.15, -0.1) is 0 Å². The minimum atomic E-state index is -0.254. The van der Waals surface area contributed by atoms with Crippen LogP contribution in [0.3, 0.4) is 0 Å². The van der Waals surface area contributed by atoms with E-state index in [1.54, 1.807) is 6.20 Å². The number of nitrogens with one attached hydrogen (secondary N) is 1. The number of carbonyl (C=O) groups excluding carboxylic acids is 2. The van der Waals surface area contributed by atoms with Gasteiger partial charge in [-0.2, -0.15) is 0 Å². The van der Waals surface area contributed by atoms with Gasteiger partial charge in [0.05, 0.1) is 16.8 Å². The van der Waals surface area contributed by atoms with Crippen molar-refractivity contribution in [1.29, 1.82) is 0 Å². The van der Waals surface area contributed by atoms with Gasteiger partial charge in [0.1, 0.15) is 17.1 Å². The first-order valence-electron chi connectivity index (χ1n) is 16.0. The number of hydrogen-bond donors (Lipinski definition) is 3. The lowest BCUT2D eigenvalue weighted by atomic mass is 10.1. The molecule has 0 saturated carbocycles. The van der Waals surface area contributed by atoms with Crippen LogP contribution in [0.1, 0.15) is 45.5 Å². The van der Waals surface area contributed by atoms with Crippen LogP contribution in [0.25, 0.3) is 39.5 Å². The molecule has 1 aliphatic rings. The Morgan fingerprint density at radius 2 is 1.79 bits per heavy atom. The van der Waals surface area contributed by atoms with Gasteiger partial charge in [-0.05, 0) is 79.5 Å². The molecule has 6 aromatic rings. The molecule has 1 amide bonds. The van der Waals surface area contributed by atoms with Gasteiger partial charge in [0, 0.05) is 42.1 Å². The number of aldehydes is 1. The molecule has 4 N–H and O–H groups in total. The lowest BCUT2D eigenvalue weighted by molar-refractivity contribution is 0.0925. The van der Waals surface area contributed by atoms with Crippen LogP contribution in [0.2, 0.25) is 0 Å². The summed E-state index contributed by atoms with van der Waals surface area (Å²) >= 11 is 0. The van der Waals surface area contributed by atoms with Gasteiger partial charge in [-0.25, -0.2) is 15.0 Å². The van der Waals surface area contributed by atoms with Crippen molar-refractivity contribution >= 4 is 29.2 Å². The first-order valence-corrected chi connectivity index (χ1v) is 16.0. The Morgan fingerprint density at radius 3 is 2.58 bits per heavy atom. The van der Waals surface area contributed by atoms with E-state index < -0.39 is 0 Å². The summed E-state index contributed by atoms with van der Waals surface area (Å²) in [4.78, 5) is 41.0. The zero-order chi connectivity index (χ0) is 33.0. The number of rotatable bonds is 8. The van der Waals surface area contributed by atoms with E-state index in [0.717, 1.165) is 71.6 Å². The second kappa shape index (κ2) is 13.5. The number of hydrogen-bond acceptors (Lipinski definition) is 8. The summed E-state index contributed by atoms with van der Waals surface area (Å²) < 4.78 is 2.04. The number of nitrogen functional groups attached to an aromatic ring is 1. The van der Waals surface area contributed by atoms with Crippen LogP contribution in [0, 0.1) is 0 Å². The van der Waals surface area contributed by atoms with Crippen LogP contribution in [-0.2, 0) is 6.54 Å². The van der Waals surface area contributed by atoms with Crippen molar-refractivity contribution in [1.82, 2.24) is 29.7 Å². The molecule has 0 spiro atoms. The molecule has 1 saturated heterocycles. The molecular weight excluding hydrogens is 602 g/mol. The molecule has 0 radical (unpaired) electrons. The Balaban J connectivity index is 1.14. The number of carbonyl (C=O) groups is 2. The van der Waals surface area contributed by atoms with Gasteiger partial charge >= 0.3 is 0 Å². The van der Waals surface area contributed by atoms with E-state index in [0.29, 0.717) is 30.0 Å². The van der Waals surface area contributed by atoms with Crippen molar-refractivity contribution in [2.45, 2.75) is 31.8 Å². The third-order valence-electron chi connectivity index (χ3n) is 8.76. The summed E-state index contributed by atoms with van der Waals surface area (Å²) in [6.07, 6.45) is 5.12. The second-order valence-corrected chi connectivity index (χ2v) is 12.1. The Bertz CT molecular complexity index is 2090. The number of pyridine rings is 2. The molecule has 1 fully saturated rings. The van der Waals surface area contributed by atoms with Crippen molar-refractivity contribution in [3.8, 4) is 34.1 Å². The molecule has 3 aromatic heterocycles. The van der Waals surface area contributed by atoms with Crippen molar-refractivity contribution in [3.63, 3.8) is 0 Å². The van der Waals surface area contributed by atoms with Gasteiger partial charge in [0.15, 0.2) is 17.8 Å². The summed E-state index contributed by atoms with van der Waals surface area (Å²) in [7, 11) is 0. The van der Waals surface area contributed by atoms with Gasteiger partial charge < -0.3 is 16.2 Å². The number of nitrogens with zero attached hydrogens (tertiary/aromatic N) is 5. The Kier molecular flexibility index (Phi) is 8.63. The quantitative estimate of drug-likeness (QED) is 0.172. The van der Waals surface area contributed by atoms with Crippen LogP contribution < -0.4 is 11.1 Å². The summed E-state index contributed by atoms with van der Waals surface area (Å²) in [6.45, 7) is 2.35. The number of fused-ring (bicyclic) bond motifs is 1. The van der Waals surface area contributed by atoms with Crippen LogP contribution in [-0.4, -0.2) is 60.9 Å². The predicted molar refractivity (Wildman–Crippen MR) is 186 cm³/mol. The minimum absolute atomic E-state index is 0.0394. The lowest BCUT2D eigenvalue weighted by Gasteiger charge is -2.25. The van der Waals surface area contributed by atoms with E-state index in [4.69, 9.17) is 15.7 Å². The third-order valence-corrected chi connectivity index (χ3v) is 8.76. The molecule has 1 unspecified atom stereocenters. The normalized spacial score (nSPS) is 15.2. The molecule has 10 nitrogen and oxygen atoms in total. The highest BCUT2D eigenvalue weighted by molar-refractivity contribution is 5.96. The fraction of sp³-hybridized carbons (Fsp3) is 0.184. The van der Waals surface area contributed by atoms with Crippen molar-refractivity contribution < 1.29 is 14.7 Å². The van der Waals surface area contributed by atoms with Gasteiger partial charge in [-0.1, -0.05) is 48.9 Å². The molecule has 240 valence electrons. The summed E-state index contributed by atoms with van der Waals surface area (Å²) in [5, 5.41) is 13.0. The molecule has 48 heavy (non-hydrogen) atoms. The molecule has 1 aliphatic heterocycles. The zero-order valence-corrected chi connectivity index (χ0v) is 26.3. The van der Waals surface area contributed by atoms with Gasteiger partial charge in [0.2, 0.25) is 0 Å². The maximum atomic E-state index is 13.0. The summed E-state index contributed by atoms with van der Waals surface area (Å²) in [5.74, 6) is 0.670. The largest absolute Gasteiger partial charge is 0.507 e. The van der Waals surface area contributed by atoms with E-state index in [2.05, 4.69) is 39.5 Å². The average Bonchev–Trinajstić information content (AvgIpc) is 3.35. The average molecular weight is 638 g/mol. The monoisotopic (exact) mass is 637 g/mol. The highest BCUT2D eigenvalue weighted by Crippen LogP contribution is 2.32. The first kappa shape index (κ1) is 30.8. The maximum absolute atomic E-state index is 13.0. The van der Waals surface area contributed by atoms with Crippen molar-refractivity contribution in [2.24, 2.45) is 0 Å². The van der Waals surface area contributed by atoms with E-state index in [-0.39, 0.29) is 23.3 Å². The molecule has 3 aromatic carbocycles. The first-order chi connectivity index (χ1) is 23.5. The molecular formula is C38H35N7O3. The fourth-order valence-electron chi connectivity index (χ4n) is 6.31. The van der Waals surface area contributed by atoms with Gasteiger partial charge in [0.25, 0.3) is 5.91 Å². The van der Waals surface area contributed by atoms with Crippen molar-refractivity contribution in [2.75, 3.05) is 18.8 Å². The Hall–Kier alpha value is -5.87. The topological polar surface area (TPSA) is 139 Å². The molecule has 0 bridgehead atoms. The number of phenolic OH excluding ortho intramolecular Hbond substituents is 1. The number of amides is 1.